The van der Waals surface area contributed by atoms with E-state index in [1.807, 2.05) is 6.92 Å². The van der Waals surface area contributed by atoms with Gasteiger partial charge in [-0.1, -0.05) is 42.3 Å². The Morgan fingerprint density at radius 2 is 1.69 bits per heavy atom. The smallest absolute Gasteiger partial charge is 0.342 e. The Kier molecular flexibility index (Phi) is 6.45. The van der Waals surface area contributed by atoms with Gasteiger partial charge in [-0.2, -0.15) is 5.10 Å². The fraction of sp³-hybridized carbons (Fsp3) is 0.286. The number of nitrogens with zero attached hydrogens (tertiary/aromatic N) is 2. The maximum absolute atomic E-state index is 12.8. The van der Waals surface area contributed by atoms with E-state index in [1.54, 1.807) is 55.5 Å². The molecule has 8 heteroatoms. The lowest BCUT2D eigenvalue weighted by molar-refractivity contribution is -0.150. The third kappa shape index (κ3) is 4.71. The van der Waals surface area contributed by atoms with Crippen LogP contribution in [0.15, 0.2) is 53.6 Å². The van der Waals surface area contributed by atoms with Crippen LogP contribution in [0.2, 0.25) is 10.0 Å². The number of hydrogen-bond acceptors (Lipinski definition) is 4. The number of benzene rings is 2. The Morgan fingerprint density at radius 3 is 2.28 bits per heavy atom. The molecule has 0 bridgehead atoms. The molecule has 0 aromatic heterocycles. The van der Waals surface area contributed by atoms with Crippen molar-refractivity contribution < 1.29 is 14.3 Å². The number of halogens is 2. The van der Waals surface area contributed by atoms with Crippen LogP contribution >= 0.6 is 23.2 Å². The lowest BCUT2D eigenvalue weighted by Crippen LogP contribution is -2.42. The van der Waals surface area contributed by atoms with Crippen molar-refractivity contribution in [3.8, 4) is 0 Å². The monoisotopic (exact) mass is 433 g/mol. The zero-order valence-electron chi connectivity index (χ0n) is 16.1. The highest BCUT2D eigenvalue weighted by atomic mass is 35.5. The molecule has 6 nitrogen and oxygen atoms in total. The summed E-state index contributed by atoms with van der Waals surface area (Å²) in [6.45, 7) is 4.02. The molecule has 0 spiro atoms. The van der Waals surface area contributed by atoms with E-state index in [2.05, 4.69) is 10.4 Å². The number of hydrazone groups is 1. The normalized spacial score (nSPS) is 18.3. The minimum absolute atomic E-state index is 0.0624. The largest absolute Gasteiger partial charge is 0.465 e. The number of urea groups is 1. The molecule has 0 saturated carbocycles. The molecule has 3 rings (SSSR count). The number of rotatable bonds is 5. The Hall–Kier alpha value is -2.57. The zero-order valence-corrected chi connectivity index (χ0v) is 17.6. The van der Waals surface area contributed by atoms with Crippen molar-refractivity contribution in [1.29, 1.82) is 0 Å². The first-order chi connectivity index (χ1) is 13.8. The summed E-state index contributed by atoms with van der Waals surface area (Å²) >= 11 is 11.9. The number of amides is 2. The van der Waals surface area contributed by atoms with Crippen molar-refractivity contribution >= 4 is 46.6 Å². The molecule has 2 amide bonds. The average Bonchev–Trinajstić information content (AvgIpc) is 3.07. The summed E-state index contributed by atoms with van der Waals surface area (Å²) in [4.78, 5) is 25.6. The van der Waals surface area contributed by atoms with Gasteiger partial charge in [0.2, 0.25) is 0 Å². The van der Waals surface area contributed by atoms with Crippen molar-refractivity contribution in [2.45, 2.75) is 20.3 Å². The van der Waals surface area contributed by atoms with Crippen LogP contribution in [0.25, 0.3) is 0 Å². The van der Waals surface area contributed by atoms with Crippen LogP contribution < -0.4 is 5.32 Å². The van der Waals surface area contributed by atoms with Crippen molar-refractivity contribution in [3.63, 3.8) is 0 Å². The molecule has 1 atom stereocenters. The van der Waals surface area contributed by atoms with Crippen LogP contribution in [0, 0.1) is 5.41 Å². The Morgan fingerprint density at radius 1 is 1.10 bits per heavy atom. The number of ether oxygens (including phenoxy) is 1. The lowest BCUT2D eigenvalue weighted by Gasteiger charge is -2.24. The molecule has 2 aromatic carbocycles. The lowest BCUT2D eigenvalue weighted by atomic mass is 9.82. The van der Waals surface area contributed by atoms with Crippen molar-refractivity contribution in [1.82, 2.24) is 5.01 Å². The van der Waals surface area contributed by atoms with E-state index in [9.17, 15) is 9.59 Å². The van der Waals surface area contributed by atoms with Gasteiger partial charge in [0.15, 0.2) is 0 Å². The van der Waals surface area contributed by atoms with E-state index in [1.165, 1.54) is 5.01 Å². The number of nitrogens with one attached hydrogen (secondary N) is 1. The van der Waals surface area contributed by atoms with E-state index >= 15 is 0 Å². The number of hydrogen-bond donors (Lipinski definition) is 1. The van der Waals surface area contributed by atoms with Gasteiger partial charge in [0.1, 0.15) is 5.41 Å². The summed E-state index contributed by atoms with van der Waals surface area (Å²) < 4.78 is 5.39. The molecule has 0 fully saturated rings. The quantitative estimate of drug-likeness (QED) is 0.658. The van der Waals surface area contributed by atoms with Crippen molar-refractivity contribution in [2.75, 3.05) is 18.5 Å². The standard InChI is InChI=1S/C21H21Cl2N3O3/c1-3-12-29-19(27)21(2)13-26(20(28)24-17-10-8-16(23)9-11-17)25-18(21)14-4-6-15(22)7-5-14/h4-11H,3,12-13H2,1-2H3,(H,24,28). The summed E-state index contributed by atoms with van der Waals surface area (Å²) in [5.74, 6) is -0.421. The van der Waals surface area contributed by atoms with E-state index < -0.39 is 17.4 Å². The highest BCUT2D eigenvalue weighted by Gasteiger charge is 2.48. The highest BCUT2D eigenvalue weighted by molar-refractivity contribution is 6.31. The molecule has 29 heavy (non-hydrogen) atoms. The van der Waals surface area contributed by atoms with Gasteiger partial charge in [0, 0.05) is 15.7 Å². The molecule has 0 radical (unpaired) electrons. The molecule has 1 unspecified atom stereocenters. The topological polar surface area (TPSA) is 71.0 Å². The maximum atomic E-state index is 12.8. The van der Waals surface area contributed by atoms with Crippen LogP contribution in [-0.4, -0.2) is 35.9 Å². The van der Waals surface area contributed by atoms with Gasteiger partial charge < -0.3 is 10.1 Å². The van der Waals surface area contributed by atoms with Gasteiger partial charge in [-0.05, 0) is 55.3 Å². The van der Waals surface area contributed by atoms with Gasteiger partial charge in [-0.25, -0.2) is 9.80 Å². The van der Waals surface area contributed by atoms with Crippen LogP contribution in [0.5, 0.6) is 0 Å². The Labute approximate surface area is 179 Å². The summed E-state index contributed by atoms with van der Waals surface area (Å²) in [5.41, 5.74) is 0.638. The van der Waals surface area contributed by atoms with Crippen molar-refractivity contribution in [2.24, 2.45) is 10.5 Å². The molecular weight excluding hydrogens is 413 g/mol. The summed E-state index contributed by atoms with van der Waals surface area (Å²) in [5, 5.41) is 9.59. The molecule has 152 valence electrons. The Balaban J connectivity index is 1.88. The van der Waals surface area contributed by atoms with Gasteiger partial charge in [0.05, 0.1) is 18.9 Å². The second-order valence-corrected chi connectivity index (χ2v) is 7.79. The van der Waals surface area contributed by atoms with Crippen molar-refractivity contribution in [3.05, 3.63) is 64.1 Å². The number of carbonyl (C=O) groups is 2. The van der Waals surface area contributed by atoms with Crippen LogP contribution in [0.1, 0.15) is 25.8 Å². The number of esters is 1. The second kappa shape index (κ2) is 8.84. The first-order valence-corrected chi connectivity index (χ1v) is 9.95. The fourth-order valence-electron chi connectivity index (χ4n) is 2.98. The third-order valence-electron chi connectivity index (χ3n) is 4.54. The number of carbonyl (C=O) groups excluding carboxylic acids is 2. The first kappa shape index (κ1) is 21.1. The molecule has 2 aromatic rings. The van der Waals surface area contributed by atoms with Crippen LogP contribution in [0.4, 0.5) is 10.5 Å². The molecule has 0 saturated heterocycles. The second-order valence-electron chi connectivity index (χ2n) is 6.92. The molecule has 0 aliphatic carbocycles. The predicted molar refractivity (Wildman–Crippen MR) is 115 cm³/mol. The highest BCUT2D eigenvalue weighted by Crippen LogP contribution is 2.33. The van der Waals surface area contributed by atoms with Gasteiger partial charge in [-0.15, -0.1) is 0 Å². The average molecular weight is 434 g/mol. The predicted octanol–water partition coefficient (Wildman–Crippen LogP) is 5.20. The van der Waals surface area contributed by atoms with Crippen LogP contribution in [0.3, 0.4) is 0 Å². The van der Waals surface area contributed by atoms with Gasteiger partial charge >= 0.3 is 12.0 Å². The van der Waals surface area contributed by atoms with E-state index in [0.717, 1.165) is 0 Å². The fourth-order valence-corrected chi connectivity index (χ4v) is 3.23. The van der Waals surface area contributed by atoms with Crippen LogP contribution in [-0.2, 0) is 9.53 Å². The minimum Gasteiger partial charge on any atom is -0.465 e. The number of anilines is 1. The third-order valence-corrected chi connectivity index (χ3v) is 5.05. The zero-order chi connectivity index (χ0) is 21.0. The molecule has 1 heterocycles. The van der Waals surface area contributed by atoms with E-state index in [-0.39, 0.29) is 6.54 Å². The summed E-state index contributed by atoms with van der Waals surface area (Å²) in [7, 11) is 0. The first-order valence-electron chi connectivity index (χ1n) is 9.20. The minimum atomic E-state index is -1.10. The Bertz CT molecular complexity index is 929. The summed E-state index contributed by atoms with van der Waals surface area (Å²) in [6, 6.07) is 13.3. The summed E-state index contributed by atoms with van der Waals surface area (Å²) in [6.07, 6.45) is 0.704. The molecule has 1 N–H and O–H groups in total. The molecular formula is C21H21Cl2N3O3. The molecule has 1 aliphatic heterocycles. The van der Waals surface area contributed by atoms with Gasteiger partial charge in [-0.3, -0.25) is 4.79 Å². The van der Waals surface area contributed by atoms with E-state index in [4.69, 9.17) is 27.9 Å². The van der Waals surface area contributed by atoms with E-state index in [0.29, 0.717) is 40.0 Å². The van der Waals surface area contributed by atoms with Gasteiger partial charge in [0.25, 0.3) is 0 Å². The maximum Gasteiger partial charge on any atom is 0.342 e. The SMILES string of the molecule is CCCOC(=O)C1(C)CN(C(=O)Nc2ccc(Cl)cc2)N=C1c1ccc(Cl)cc1. The molecule has 1 aliphatic rings.